The van der Waals surface area contributed by atoms with Crippen LogP contribution in [0.2, 0.25) is 0 Å². The van der Waals surface area contributed by atoms with Gasteiger partial charge in [0.05, 0.1) is 36.3 Å². The number of nitrogens with zero attached hydrogens (tertiary/aromatic N) is 3. The first-order chi connectivity index (χ1) is 21.3. The zero-order valence-electron chi connectivity index (χ0n) is 22.8. The first-order valence-electron chi connectivity index (χ1n) is 14.3. The molecule has 0 unspecified atom stereocenters. The molecular formula is C38H21N3S2. The fourth-order valence-electron chi connectivity index (χ4n) is 6.70. The zero-order chi connectivity index (χ0) is 28.1. The summed E-state index contributed by atoms with van der Waals surface area (Å²) >= 11 is 3.78. The number of thiophene rings is 2. The van der Waals surface area contributed by atoms with Crippen LogP contribution in [0.1, 0.15) is 0 Å². The highest BCUT2D eigenvalue weighted by Gasteiger charge is 2.23. The van der Waals surface area contributed by atoms with Crippen LogP contribution in [0.25, 0.3) is 90.3 Å². The Kier molecular flexibility index (Phi) is 4.75. The molecule has 0 radical (unpaired) electrons. The molecule has 0 saturated carbocycles. The van der Waals surface area contributed by atoms with Crippen molar-refractivity contribution in [1.82, 2.24) is 14.5 Å². The van der Waals surface area contributed by atoms with E-state index in [2.05, 4.69) is 132 Å². The topological polar surface area (TPSA) is 30.7 Å². The van der Waals surface area contributed by atoms with Crippen molar-refractivity contribution in [3.63, 3.8) is 0 Å². The minimum Gasteiger partial charge on any atom is -0.276 e. The van der Waals surface area contributed by atoms with Gasteiger partial charge in [-0.1, -0.05) is 115 Å². The second-order valence-electron chi connectivity index (χ2n) is 11.0. The molecule has 0 bridgehead atoms. The summed E-state index contributed by atoms with van der Waals surface area (Å²) in [6.45, 7) is 0. The number of benzene rings is 6. The van der Waals surface area contributed by atoms with Gasteiger partial charge in [-0.2, -0.15) is 0 Å². The van der Waals surface area contributed by atoms with Crippen molar-refractivity contribution in [3.8, 4) is 17.2 Å². The van der Waals surface area contributed by atoms with E-state index in [4.69, 9.17) is 9.97 Å². The monoisotopic (exact) mass is 583 g/mol. The molecule has 200 valence electrons. The van der Waals surface area contributed by atoms with Crippen molar-refractivity contribution in [1.29, 1.82) is 0 Å². The molecule has 0 amide bonds. The molecule has 0 atom stereocenters. The fraction of sp³-hybridized carbons (Fsp3) is 0. The molecule has 6 aromatic carbocycles. The van der Waals surface area contributed by atoms with Crippen LogP contribution in [-0.2, 0) is 0 Å². The molecule has 0 aliphatic heterocycles. The van der Waals surface area contributed by atoms with Gasteiger partial charge in [0, 0.05) is 42.6 Å². The quantitative estimate of drug-likeness (QED) is 0.203. The lowest BCUT2D eigenvalue weighted by Crippen LogP contribution is -2.03. The lowest BCUT2D eigenvalue weighted by molar-refractivity contribution is 1.02. The highest BCUT2D eigenvalue weighted by atomic mass is 32.1. The van der Waals surface area contributed by atoms with Crippen LogP contribution < -0.4 is 0 Å². The predicted molar refractivity (Wildman–Crippen MR) is 185 cm³/mol. The molecule has 0 spiro atoms. The molecule has 0 aliphatic rings. The third-order valence-electron chi connectivity index (χ3n) is 8.61. The molecule has 10 rings (SSSR count). The maximum Gasteiger partial charge on any atom is 0.235 e. The van der Waals surface area contributed by atoms with Crippen molar-refractivity contribution in [3.05, 3.63) is 127 Å². The summed E-state index contributed by atoms with van der Waals surface area (Å²) in [7, 11) is 0. The van der Waals surface area contributed by atoms with Crippen LogP contribution in [0.4, 0.5) is 0 Å². The standard InChI is InChI=1S/C38H21N3S2/c1-2-11-23(12-3-1)32-27-14-6-8-16-30(27)39-38(40-32)41-33-24-13-5-4-10-22(24)18-19-25(33)26-20-21-29-35(34(26)41)43-36-28-15-7-9-17-31(28)42-37(29)36/h1-21H. The van der Waals surface area contributed by atoms with Crippen LogP contribution in [0, 0.1) is 0 Å². The van der Waals surface area contributed by atoms with Crippen LogP contribution in [0.15, 0.2) is 127 Å². The second kappa shape index (κ2) is 8.71. The van der Waals surface area contributed by atoms with Crippen molar-refractivity contribution in [2.24, 2.45) is 0 Å². The van der Waals surface area contributed by atoms with Gasteiger partial charge in [-0.3, -0.25) is 4.57 Å². The summed E-state index contributed by atoms with van der Waals surface area (Å²) in [4.78, 5) is 10.6. The van der Waals surface area contributed by atoms with E-state index in [0.717, 1.165) is 27.7 Å². The van der Waals surface area contributed by atoms with Crippen molar-refractivity contribution >= 4 is 95.7 Å². The number of para-hydroxylation sites is 1. The van der Waals surface area contributed by atoms with E-state index in [1.807, 2.05) is 22.7 Å². The lowest BCUT2D eigenvalue weighted by atomic mass is 10.1. The Bertz CT molecular complexity index is 2730. The molecule has 0 fully saturated rings. The van der Waals surface area contributed by atoms with Crippen LogP contribution in [0.3, 0.4) is 0 Å². The molecule has 43 heavy (non-hydrogen) atoms. The molecule has 0 N–H and O–H groups in total. The highest BCUT2D eigenvalue weighted by molar-refractivity contribution is 7.37. The molecule has 4 heterocycles. The summed E-state index contributed by atoms with van der Waals surface area (Å²) in [5.41, 5.74) is 5.29. The molecule has 0 aliphatic carbocycles. The van der Waals surface area contributed by atoms with E-state index in [1.54, 1.807) is 0 Å². The Morgan fingerprint density at radius 1 is 0.442 bits per heavy atom. The number of hydrogen-bond acceptors (Lipinski definition) is 4. The smallest absolute Gasteiger partial charge is 0.235 e. The van der Waals surface area contributed by atoms with Gasteiger partial charge >= 0.3 is 0 Å². The number of aromatic nitrogens is 3. The van der Waals surface area contributed by atoms with Gasteiger partial charge in [0.2, 0.25) is 5.95 Å². The van der Waals surface area contributed by atoms with Gasteiger partial charge in [-0.15, -0.1) is 22.7 Å². The van der Waals surface area contributed by atoms with Gasteiger partial charge in [0.1, 0.15) is 0 Å². The summed E-state index contributed by atoms with van der Waals surface area (Å²) in [5, 5.41) is 8.53. The molecular weight excluding hydrogens is 563 g/mol. The maximum atomic E-state index is 5.38. The fourth-order valence-corrected chi connectivity index (χ4v) is 9.48. The number of rotatable bonds is 2. The van der Waals surface area contributed by atoms with Crippen LogP contribution in [-0.4, -0.2) is 14.5 Å². The van der Waals surface area contributed by atoms with Crippen molar-refractivity contribution < 1.29 is 0 Å². The van der Waals surface area contributed by atoms with Gasteiger partial charge in [0.25, 0.3) is 0 Å². The Labute approximate surface area is 253 Å². The van der Waals surface area contributed by atoms with Gasteiger partial charge in [-0.25, -0.2) is 9.97 Å². The Morgan fingerprint density at radius 2 is 1.12 bits per heavy atom. The third kappa shape index (κ3) is 3.23. The third-order valence-corrected chi connectivity index (χ3v) is 11.2. The summed E-state index contributed by atoms with van der Waals surface area (Å²) in [6.07, 6.45) is 0. The SMILES string of the molecule is c1ccc(-c2nc(-n3c4c5ccccc5ccc4c4ccc5c6sc7ccccc7c6sc5c43)nc3ccccc23)cc1. The number of fused-ring (bicyclic) bond motifs is 12. The van der Waals surface area contributed by atoms with Crippen LogP contribution >= 0.6 is 22.7 Å². The van der Waals surface area contributed by atoms with E-state index >= 15 is 0 Å². The first-order valence-corrected chi connectivity index (χ1v) is 16.0. The summed E-state index contributed by atoms with van der Waals surface area (Å²) < 4.78 is 7.67. The van der Waals surface area contributed by atoms with E-state index in [-0.39, 0.29) is 0 Å². The van der Waals surface area contributed by atoms with Crippen LogP contribution in [0.5, 0.6) is 0 Å². The maximum absolute atomic E-state index is 5.38. The molecule has 5 heteroatoms. The largest absolute Gasteiger partial charge is 0.276 e. The normalized spacial score (nSPS) is 12.2. The number of hydrogen-bond donors (Lipinski definition) is 0. The molecule has 0 saturated heterocycles. The van der Waals surface area contributed by atoms with Crippen molar-refractivity contribution in [2.75, 3.05) is 0 Å². The Hall–Kier alpha value is -5.10. The van der Waals surface area contributed by atoms with E-state index in [9.17, 15) is 0 Å². The lowest BCUT2D eigenvalue weighted by Gasteiger charge is -2.13. The van der Waals surface area contributed by atoms with Crippen molar-refractivity contribution in [2.45, 2.75) is 0 Å². The summed E-state index contributed by atoms with van der Waals surface area (Å²) in [6, 6.07) is 45.4. The van der Waals surface area contributed by atoms with E-state index in [1.165, 1.54) is 56.6 Å². The van der Waals surface area contributed by atoms with Gasteiger partial charge in [-0.05, 0) is 17.5 Å². The molecule has 4 aromatic heterocycles. The molecule has 3 nitrogen and oxygen atoms in total. The first kappa shape index (κ1) is 23.5. The Balaban J connectivity index is 1.43. The average molecular weight is 584 g/mol. The Morgan fingerprint density at radius 3 is 2.02 bits per heavy atom. The van der Waals surface area contributed by atoms with E-state index < -0.39 is 0 Å². The minimum absolute atomic E-state index is 0.697. The molecule has 10 aromatic rings. The van der Waals surface area contributed by atoms with Gasteiger partial charge < -0.3 is 0 Å². The van der Waals surface area contributed by atoms with E-state index in [0.29, 0.717) is 5.95 Å². The predicted octanol–water partition coefficient (Wildman–Crippen LogP) is 11.1. The average Bonchev–Trinajstić information content (AvgIpc) is 3.73. The zero-order valence-corrected chi connectivity index (χ0v) is 24.4. The van der Waals surface area contributed by atoms with Gasteiger partial charge in [0.15, 0.2) is 0 Å². The minimum atomic E-state index is 0.697. The summed E-state index contributed by atoms with van der Waals surface area (Å²) in [5.74, 6) is 0.697. The second-order valence-corrected chi connectivity index (χ2v) is 13.0. The highest BCUT2D eigenvalue weighted by Crippen LogP contribution is 2.48.